The van der Waals surface area contributed by atoms with Crippen molar-refractivity contribution in [2.24, 2.45) is 0 Å². The molecule has 3 rings (SSSR count). The van der Waals surface area contributed by atoms with E-state index in [0.29, 0.717) is 30.5 Å². The Labute approximate surface area is 159 Å². The predicted molar refractivity (Wildman–Crippen MR) is 102 cm³/mol. The zero-order valence-electron chi connectivity index (χ0n) is 15.9. The van der Waals surface area contributed by atoms with Gasteiger partial charge in [-0.2, -0.15) is 0 Å². The first-order chi connectivity index (χ1) is 13.0. The molecule has 0 aromatic heterocycles. The molecule has 2 aromatic rings. The number of fused-ring (bicyclic) bond motifs is 1. The van der Waals surface area contributed by atoms with Gasteiger partial charge in [0, 0.05) is 24.1 Å². The molecule has 6 nitrogen and oxygen atoms in total. The van der Waals surface area contributed by atoms with E-state index in [0.717, 1.165) is 17.7 Å². The fourth-order valence-corrected chi connectivity index (χ4v) is 3.10. The summed E-state index contributed by atoms with van der Waals surface area (Å²) in [5, 5.41) is 9.67. The summed E-state index contributed by atoms with van der Waals surface area (Å²) in [5.41, 5.74) is 1.82. The molecule has 0 aliphatic carbocycles. The molecule has 0 saturated heterocycles. The highest BCUT2D eigenvalue weighted by Crippen LogP contribution is 2.42. The van der Waals surface area contributed by atoms with E-state index in [-0.39, 0.29) is 24.1 Å². The van der Waals surface area contributed by atoms with E-state index in [4.69, 9.17) is 14.2 Å². The highest BCUT2D eigenvalue weighted by Gasteiger charge is 2.29. The Morgan fingerprint density at radius 1 is 1.15 bits per heavy atom. The normalized spacial score (nSPS) is 16.0. The fourth-order valence-electron chi connectivity index (χ4n) is 3.10. The van der Waals surface area contributed by atoms with Crippen molar-refractivity contribution in [2.75, 3.05) is 33.9 Å². The van der Waals surface area contributed by atoms with Crippen LogP contribution in [-0.4, -0.2) is 49.8 Å². The first-order valence-electron chi connectivity index (χ1n) is 9.05. The maximum atomic E-state index is 12.0. The van der Waals surface area contributed by atoms with Crippen LogP contribution in [0.4, 0.5) is 0 Å². The fraction of sp³-hybridized carbons (Fsp3) is 0.381. The van der Waals surface area contributed by atoms with Gasteiger partial charge in [-0.05, 0) is 44.8 Å². The number of likely N-dealkylation sites (N-methyl/N-ethyl adjacent to an activating group) is 1. The van der Waals surface area contributed by atoms with Gasteiger partial charge in [0.2, 0.25) is 0 Å². The summed E-state index contributed by atoms with van der Waals surface area (Å²) in [5.74, 6) is 1.35. The second-order valence-electron chi connectivity index (χ2n) is 6.74. The summed E-state index contributed by atoms with van der Waals surface area (Å²) in [6.45, 7) is 3.81. The number of aromatic hydroxyl groups is 1. The van der Waals surface area contributed by atoms with E-state index in [9.17, 15) is 9.90 Å². The third-order valence-corrected chi connectivity index (χ3v) is 4.43. The predicted octanol–water partition coefficient (Wildman–Crippen LogP) is 3.17. The Hall–Kier alpha value is -2.73. The summed E-state index contributed by atoms with van der Waals surface area (Å²) in [4.78, 5) is 14.1. The van der Waals surface area contributed by atoms with Gasteiger partial charge in [-0.25, -0.2) is 0 Å². The number of carbonyl (C=O) groups is 1. The molecule has 6 heteroatoms. The van der Waals surface area contributed by atoms with Crippen LogP contribution in [0.2, 0.25) is 0 Å². The molecular weight excluding hydrogens is 346 g/mol. The second kappa shape index (κ2) is 8.31. The Morgan fingerprint density at radius 3 is 2.70 bits per heavy atom. The average Bonchev–Trinajstić information content (AvgIpc) is 2.61. The molecular formula is C21H25NO5. The van der Waals surface area contributed by atoms with Gasteiger partial charge < -0.3 is 24.2 Å². The van der Waals surface area contributed by atoms with Crippen LogP contribution in [0, 0.1) is 0 Å². The minimum atomic E-state index is -0.317. The number of carbonyl (C=O) groups excluding carboxylic acids is 1. The quantitative estimate of drug-likeness (QED) is 0.596. The average molecular weight is 371 g/mol. The summed E-state index contributed by atoms with van der Waals surface area (Å²) in [6.07, 6.45) is 0.240. The van der Waals surface area contributed by atoms with Crippen molar-refractivity contribution >= 4 is 5.97 Å². The molecule has 144 valence electrons. The minimum Gasteiger partial charge on any atom is -0.508 e. The van der Waals surface area contributed by atoms with Gasteiger partial charge in [-0.3, -0.25) is 4.79 Å². The van der Waals surface area contributed by atoms with Gasteiger partial charge in [0.05, 0.1) is 13.0 Å². The molecule has 1 aliphatic heterocycles. The van der Waals surface area contributed by atoms with E-state index in [2.05, 4.69) is 4.90 Å². The van der Waals surface area contributed by atoms with E-state index >= 15 is 0 Å². The minimum absolute atomic E-state index is 0.0712. The van der Waals surface area contributed by atoms with Gasteiger partial charge in [-0.15, -0.1) is 0 Å². The number of esters is 1. The van der Waals surface area contributed by atoms with Gasteiger partial charge >= 0.3 is 5.97 Å². The van der Waals surface area contributed by atoms with Crippen molar-refractivity contribution in [2.45, 2.75) is 19.3 Å². The van der Waals surface area contributed by atoms with Crippen LogP contribution < -0.4 is 14.2 Å². The number of ether oxygens (including phenoxy) is 3. The Balaban J connectivity index is 1.90. The van der Waals surface area contributed by atoms with Crippen LogP contribution in [0.15, 0.2) is 36.4 Å². The number of hydrogen-bond donors (Lipinski definition) is 1. The van der Waals surface area contributed by atoms with Crippen LogP contribution >= 0.6 is 0 Å². The highest BCUT2D eigenvalue weighted by molar-refractivity contribution is 5.78. The third-order valence-electron chi connectivity index (χ3n) is 4.43. The Bertz CT molecular complexity index is 818. The first kappa shape index (κ1) is 19.0. The molecule has 1 N–H and O–H groups in total. The lowest BCUT2D eigenvalue weighted by Gasteiger charge is -2.25. The maximum Gasteiger partial charge on any atom is 0.312 e. The number of phenolic OH excluding ortho intramolecular Hbond substituents is 1. The molecule has 0 amide bonds. The Kier molecular flexibility index (Phi) is 5.86. The third kappa shape index (κ3) is 4.52. The number of rotatable bonds is 7. The zero-order chi connectivity index (χ0) is 19.4. The van der Waals surface area contributed by atoms with Gasteiger partial charge in [0.25, 0.3) is 0 Å². The van der Waals surface area contributed by atoms with Gasteiger partial charge in [0.1, 0.15) is 18.1 Å². The van der Waals surface area contributed by atoms with E-state index < -0.39 is 0 Å². The zero-order valence-corrected chi connectivity index (χ0v) is 15.9. The highest BCUT2D eigenvalue weighted by atomic mass is 16.5. The van der Waals surface area contributed by atoms with Crippen molar-refractivity contribution < 1.29 is 24.1 Å². The molecule has 27 heavy (non-hydrogen) atoms. The lowest BCUT2D eigenvalue weighted by molar-refractivity contribution is -0.135. The second-order valence-corrected chi connectivity index (χ2v) is 6.74. The van der Waals surface area contributed by atoms with Crippen molar-refractivity contribution in [3.05, 3.63) is 47.5 Å². The summed E-state index contributed by atoms with van der Waals surface area (Å²) in [7, 11) is 3.99. The summed E-state index contributed by atoms with van der Waals surface area (Å²) < 4.78 is 16.9. The lowest BCUT2D eigenvalue weighted by atomic mass is 9.86. The molecule has 0 spiro atoms. The molecule has 1 aliphatic rings. The molecule has 0 bridgehead atoms. The van der Waals surface area contributed by atoms with Crippen LogP contribution in [0.5, 0.6) is 23.0 Å². The van der Waals surface area contributed by atoms with Crippen LogP contribution in [-0.2, 0) is 4.79 Å². The van der Waals surface area contributed by atoms with Crippen molar-refractivity contribution in [3.63, 3.8) is 0 Å². The molecule has 0 fully saturated rings. The maximum absolute atomic E-state index is 12.0. The van der Waals surface area contributed by atoms with Crippen molar-refractivity contribution in [1.29, 1.82) is 0 Å². The molecule has 0 saturated carbocycles. The van der Waals surface area contributed by atoms with Crippen LogP contribution in [0.1, 0.15) is 30.4 Å². The van der Waals surface area contributed by atoms with Crippen molar-refractivity contribution in [3.8, 4) is 23.0 Å². The molecule has 1 heterocycles. The Morgan fingerprint density at radius 2 is 1.96 bits per heavy atom. The molecule has 2 aromatic carbocycles. The van der Waals surface area contributed by atoms with E-state index in [1.807, 2.05) is 39.2 Å². The number of phenols is 1. The summed E-state index contributed by atoms with van der Waals surface area (Å²) in [6, 6.07) is 10.6. The van der Waals surface area contributed by atoms with Crippen LogP contribution in [0.25, 0.3) is 0 Å². The van der Waals surface area contributed by atoms with Gasteiger partial charge in [0.15, 0.2) is 11.5 Å². The number of hydrogen-bond acceptors (Lipinski definition) is 6. The lowest BCUT2D eigenvalue weighted by Crippen LogP contribution is -2.21. The van der Waals surface area contributed by atoms with Crippen LogP contribution in [0.3, 0.4) is 0 Å². The molecule has 1 unspecified atom stereocenters. The molecule has 1 atom stereocenters. The van der Waals surface area contributed by atoms with E-state index in [1.54, 1.807) is 12.1 Å². The largest absolute Gasteiger partial charge is 0.508 e. The smallest absolute Gasteiger partial charge is 0.312 e. The molecule has 0 radical (unpaired) electrons. The number of benzene rings is 2. The van der Waals surface area contributed by atoms with Crippen molar-refractivity contribution in [1.82, 2.24) is 4.90 Å². The van der Waals surface area contributed by atoms with Gasteiger partial charge in [-0.1, -0.05) is 12.1 Å². The van der Waals surface area contributed by atoms with E-state index in [1.165, 1.54) is 6.07 Å². The first-order valence-corrected chi connectivity index (χ1v) is 9.05. The monoisotopic (exact) mass is 371 g/mol. The number of nitrogens with zero attached hydrogens (tertiary/aromatic N) is 1. The topological polar surface area (TPSA) is 68.2 Å². The standard InChI is InChI=1S/C21H25NO5/c1-4-25-20-11-14(5-8-18(20)26-10-9-22(2)3)17-13-21(24)27-19-12-15(23)6-7-16(17)19/h5-8,11-12,17,23H,4,9-10,13H2,1-3H3. The SMILES string of the molecule is CCOc1cc(C2CC(=O)Oc3cc(O)ccc32)ccc1OCCN(C)C. The summed E-state index contributed by atoms with van der Waals surface area (Å²) >= 11 is 0.